The molecule has 0 rings (SSSR count). The molecule has 2 nitrogen and oxygen atoms in total. The lowest BCUT2D eigenvalue weighted by Crippen LogP contribution is -2.31. The summed E-state index contributed by atoms with van der Waals surface area (Å²) in [5.74, 6) is 0. The van der Waals surface area contributed by atoms with Gasteiger partial charge in [0, 0.05) is 0 Å². The van der Waals surface area contributed by atoms with Gasteiger partial charge in [-0.25, -0.2) is 0 Å². The van der Waals surface area contributed by atoms with E-state index in [0.29, 0.717) is 6.54 Å². The Bertz CT molecular complexity index is 148. The van der Waals surface area contributed by atoms with Gasteiger partial charge in [0.15, 0.2) is 0 Å². The minimum atomic E-state index is -4.07. The van der Waals surface area contributed by atoms with E-state index in [0.717, 1.165) is 32.4 Å². The molecule has 0 amide bonds. The molecule has 0 aromatic heterocycles. The highest BCUT2D eigenvalue weighted by atomic mass is 19.4. The number of nitrogens with one attached hydrogen (secondary N) is 1. The molecule has 92 valence electrons. The first-order chi connectivity index (χ1) is 6.95. The summed E-state index contributed by atoms with van der Waals surface area (Å²) in [6.45, 7) is 3.66. The van der Waals surface area contributed by atoms with E-state index in [1.165, 1.54) is 11.9 Å². The SMILES string of the molecule is CCNCCCCCN(C)CC(F)(F)F. The topological polar surface area (TPSA) is 15.3 Å². The Hall–Kier alpha value is -0.290. The van der Waals surface area contributed by atoms with Crippen LogP contribution in [0.5, 0.6) is 0 Å². The second-order valence-electron chi connectivity index (χ2n) is 3.77. The van der Waals surface area contributed by atoms with Gasteiger partial charge in [0.2, 0.25) is 0 Å². The summed E-state index contributed by atoms with van der Waals surface area (Å²) in [4.78, 5) is 1.33. The van der Waals surface area contributed by atoms with Gasteiger partial charge in [0.05, 0.1) is 6.54 Å². The predicted molar refractivity (Wildman–Crippen MR) is 55.9 cm³/mol. The molecule has 0 heterocycles. The fourth-order valence-corrected chi connectivity index (χ4v) is 1.37. The third-order valence-corrected chi connectivity index (χ3v) is 2.09. The molecule has 0 aliphatic heterocycles. The third-order valence-electron chi connectivity index (χ3n) is 2.09. The first-order valence-electron chi connectivity index (χ1n) is 5.41. The Morgan fingerprint density at radius 1 is 1.13 bits per heavy atom. The molecule has 0 unspecified atom stereocenters. The summed E-state index contributed by atoms with van der Waals surface area (Å²) in [6, 6.07) is 0. The summed E-state index contributed by atoms with van der Waals surface area (Å²) < 4.78 is 35.8. The Kier molecular flexibility index (Phi) is 7.78. The lowest BCUT2D eigenvalue weighted by atomic mass is 10.2. The molecule has 0 atom stereocenters. The van der Waals surface area contributed by atoms with Crippen LogP contribution >= 0.6 is 0 Å². The molecule has 0 aromatic carbocycles. The van der Waals surface area contributed by atoms with Crippen LogP contribution in [0.15, 0.2) is 0 Å². The Labute approximate surface area is 89.8 Å². The van der Waals surface area contributed by atoms with Crippen molar-refractivity contribution >= 4 is 0 Å². The highest BCUT2D eigenvalue weighted by Crippen LogP contribution is 2.15. The molecular formula is C10H21F3N2. The molecule has 5 heteroatoms. The number of nitrogens with zero attached hydrogens (tertiary/aromatic N) is 1. The van der Waals surface area contributed by atoms with Gasteiger partial charge < -0.3 is 5.32 Å². The van der Waals surface area contributed by atoms with E-state index < -0.39 is 12.7 Å². The molecule has 0 bridgehead atoms. The number of rotatable bonds is 8. The van der Waals surface area contributed by atoms with Crippen molar-refractivity contribution in [1.82, 2.24) is 10.2 Å². The van der Waals surface area contributed by atoms with Crippen LogP contribution in [0.3, 0.4) is 0 Å². The first kappa shape index (κ1) is 14.7. The smallest absolute Gasteiger partial charge is 0.317 e. The van der Waals surface area contributed by atoms with E-state index >= 15 is 0 Å². The summed E-state index contributed by atoms with van der Waals surface area (Å²) in [7, 11) is 1.51. The number of unbranched alkanes of at least 4 members (excludes halogenated alkanes) is 2. The number of alkyl halides is 3. The van der Waals surface area contributed by atoms with Crippen LogP contribution < -0.4 is 5.32 Å². The lowest BCUT2D eigenvalue weighted by Gasteiger charge is -2.18. The van der Waals surface area contributed by atoms with Gasteiger partial charge in [-0.15, -0.1) is 0 Å². The molecule has 0 radical (unpaired) electrons. The number of hydrogen-bond donors (Lipinski definition) is 1. The van der Waals surface area contributed by atoms with Crippen molar-refractivity contribution in [1.29, 1.82) is 0 Å². The zero-order valence-corrected chi connectivity index (χ0v) is 9.53. The molecule has 0 saturated carbocycles. The molecule has 0 aliphatic rings. The van der Waals surface area contributed by atoms with Crippen molar-refractivity contribution in [3.8, 4) is 0 Å². The van der Waals surface area contributed by atoms with Crippen LogP contribution in [-0.4, -0.2) is 44.3 Å². The van der Waals surface area contributed by atoms with Crippen LogP contribution in [0, 0.1) is 0 Å². The van der Waals surface area contributed by atoms with Crippen LogP contribution in [0.25, 0.3) is 0 Å². The quantitative estimate of drug-likeness (QED) is 0.639. The predicted octanol–water partition coefficient (Wildman–Crippen LogP) is 2.26. The van der Waals surface area contributed by atoms with Gasteiger partial charge >= 0.3 is 6.18 Å². The first-order valence-corrected chi connectivity index (χ1v) is 5.41. The second kappa shape index (κ2) is 7.93. The normalized spacial score (nSPS) is 12.4. The van der Waals surface area contributed by atoms with Crippen molar-refractivity contribution < 1.29 is 13.2 Å². The van der Waals surface area contributed by atoms with E-state index in [2.05, 4.69) is 5.32 Å². The molecular weight excluding hydrogens is 205 g/mol. The van der Waals surface area contributed by atoms with Crippen molar-refractivity contribution in [3.63, 3.8) is 0 Å². The van der Waals surface area contributed by atoms with Gasteiger partial charge in [-0.3, -0.25) is 4.90 Å². The fraction of sp³-hybridized carbons (Fsp3) is 1.00. The van der Waals surface area contributed by atoms with Crippen molar-refractivity contribution in [2.45, 2.75) is 32.4 Å². The standard InChI is InChI=1S/C10H21F3N2/c1-3-14-7-5-4-6-8-15(2)9-10(11,12)13/h14H,3-9H2,1-2H3. The lowest BCUT2D eigenvalue weighted by molar-refractivity contribution is -0.143. The average Bonchev–Trinajstić information content (AvgIpc) is 2.08. The number of hydrogen-bond acceptors (Lipinski definition) is 2. The highest BCUT2D eigenvalue weighted by molar-refractivity contribution is 4.59. The van der Waals surface area contributed by atoms with Crippen LogP contribution in [0.1, 0.15) is 26.2 Å². The molecule has 0 aromatic rings. The largest absolute Gasteiger partial charge is 0.401 e. The minimum absolute atomic E-state index is 0.519. The summed E-state index contributed by atoms with van der Waals surface area (Å²) in [6.07, 6.45) is -1.22. The third kappa shape index (κ3) is 11.6. The highest BCUT2D eigenvalue weighted by Gasteiger charge is 2.28. The molecule has 1 N–H and O–H groups in total. The van der Waals surface area contributed by atoms with Crippen molar-refractivity contribution in [2.75, 3.05) is 33.2 Å². The summed E-state index contributed by atoms with van der Waals surface area (Å²) in [5, 5.41) is 3.18. The van der Waals surface area contributed by atoms with Crippen molar-refractivity contribution in [3.05, 3.63) is 0 Å². The van der Waals surface area contributed by atoms with Gasteiger partial charge in [0.25, 0.3) is 0 Å². The van der Waals surface area contributed by atoms with Gasteiger partial charge in [-0.2, -0.15) is 13.2 Å². The maximum Gasteiger partial charge on any atom is 0.401 e. The number of halogens is 3. The zero-order valence-electron chi connectivity index (χ0n) is 9.53. The molecule has 0 spiro atoms. The molecule has 15 heavy (non-hydrogen) atoms. The molecule has 0 saturated heterocycles. The Morgan fingerprint density at radius 3 is 2.33 bits per heavy atom. The maximum atomic E-state index is 11.9. The van der Waals surface area contributed by atoms with Crippen LogP contribution in [0.4, 0.5) is 13.2 Å². The molecule has 0 fully saturated rings. The van der Waals surface area contributed by atoms with Gasteiger partial charge in [-0.1, -0.05) is 13.3 Å². The fourth-order valence-electron chi connectivity index (χ4n) is 1.37. The Morgan fingerprint density at radius 2 is 1.80 bits per heavy atom. The van der Waals surface area contributed by atoms with Crippen LogP contribution in [0.2, 0.25) is 0 Å². The summed E-state index contributed by atoms with van der Waals surface area (Å²) >= 11 is 0. The Balaban J connectivity index is 3.28. The maximum absolute atomic E-state index is 11.9. The van der Waals surface area contributed by atoms with E-state index in [9.17, 15) is 13.2 Å². The monoisotopic (exact) mass is 226 g/mol. The van der Waals surface area contributed by atoms with E-state index in [1.807, 2.05) is 6.92 Å². The van der Waals surface area contributed by atoms with Crippen molar-refractivity contribution in [2.24, 2.45) is 0 Å². The van der Waals surface area contributed by atoms with Crippen LogP contribution in [-0.2, 0) is 0 Å². The molecule has 0 aliphatic carbocycles. The van der Waals surface area contributed by atoms with Gasteiger partial charge in [-0.05, 0) is 39.5 Å². The minimum Gasteiger partial charge on any atom is -0.317 e. The second-order valence-corrected chi connectivity index (χ2v) is 3.77. The van der Waals surface area contributed by atoms with E-state index in [-0.39, 0.29) is 0 Å². The van der Waals surface area contributed by atoms with Gasteiger partial charge in [0.1, 0.15) is 0 Å². The summed E-state index contributed by atoms with van der Waals surface area (Å²) in [5.41, 5.74) is 0. The zero-order chi connectivity index (χ0) is 11.7. The van der Waals surface area contributed by atoms with E-state index in [1.54, 1.807) is 0 Å². The van der Waals surface area contributed by atoms with E-state index in [4.69, 9.17) is 0 Å². The average molecular weight is 226 g/mol.